The minimum atomic E-state index is 0. The van der Waals surface area contributed by atoms with Crippen molar-refractivity contribution in [2.75, 3.05) is 19.6 Å². The van der Waals surface area contributed by atoms with E-state index in [1.807, 2.05) is 24.3 Å². The van der Waals surface area contributed by atoms with Crippen LogP contribution in [0.25, 0.3) is 0 Å². The Labute approximate surface area is 135 Å². The molecule has 0 saturated carbocycles. The Kier molecular flexibility index (Phi) is 7.56. The van der Waals surface area contributed by atoms with Crippen molar-refractivity contribution in [1.29, 1.82) is 0 Å². The third kappa shape index (κ3) is 4.47. The van der Waals surface area contributed by atoms with Gasteiger partial charge in [0.15, 0.2) is 0 Å². The quantitative estimate of drug-likeness (QED) is 0.890. The number of rotatable bonds is 4. The smallest absolute Gasteiger partial charge is 0.254 e. The van der Waals surface area contributed by atoms with Gasteiger partial charge in [0.05, 0.1) is 0 Å². The van der Waals surface area contributed by atoms with E-state index in [2.05, 4.69) is 33.1 Å². The summed E-state index contributed by atoms with van der Waals surface area (Å²) in [7, 11) is 0. The minimum Gasteiger partial charge on any atom is -0.336 e. The highest BCUT2D eigenvalue weighted by Crippen LogP contribution is 2.18. The van der Waals surface area contributed by atoms with E-state index in [-0.39, 0.29) is 18.3 Å². The Hall–Kier alpha value is -0.580. The number of carbonyl (C=O) groups is 1. The van der Waals surface area contributed by atoms with Gasteiger partial charge in [-0.2, -0.15) is 0 Å². The van der Waals surface area contributed by atoms with Crippen LogP contribution < -0.4 is 5.32 Å². The molecule has 0 unspecified atom stereocenters. The standard InChI is InChI=1S/C15H21BrN2O.ClH/c1-2-11-18(14-7-9-17-10-8-14)15(19)12-3-5-13(16)6-4-12;/h3-6,14,17H,2,7-11H2,1H3;1H. The zero-order valence-electron chi connectivity index (χ0n) is 11.8. The molecule has 0 aromatic heterocycles. The molecule has 0 atom stereocenters. The molecule has 1 fully saturated rings. The number of hydrogen-bond donors (Lipinski definition) is 1. The number of nitrogens with zero attached hydrogens (tertiary/aromatic N) is 1. The molecule has 0 bridgehead atoms. The lowest BCUT2D eigenvalue weighted by molar-refractivity contribution is 0.0642. The number of amides is 1. The molecule has 1 aliphatic heterocycles. The van der Waals surface area contributed by atoms with Crippen LogP contribution in [-0.2, 0) is 0 Å². The van der Waals surface area contributed by atoms with Gasteiger partial charge in [-0.3, -0.25) is 4.79 Å². The van der Waals surface area contributed by atoms with Gasteiger partial charge in [-0.1, -0.05) is 22.9 Å². The summed E-state index contributed by atoms with van der Waals surface area (Å²) in [5.74, 6) is 0.168. The fraction of sp³-hybridized carbons (Fsp3) is 0.533. The Bertz CT molecular complexity index is 418. The van der Waals surface area contributed by atoms with Crippen LogP contribution in [0.4, 0.5) is 0 Å². The molecule has 1 aliphatic rings. The van der Waals surface area contributed by atoms with E-state index in [4.69, 9.17) is 0 Å². The third-order valence-corrected chi connectivity index (χ3v) is 4.09. The van der Waals surface area contributed by atoms with Crippen molar-refractivity contribution in [3.05, 3.63) is 34.3 Å². The van der Waals surface area contributed by atoms with Gasteiger partial charge in [0.25, 0.3) is 5.91 Å². The maximum absolute atomic E-state index is 12.6. The van der Waals surface area contributed by atoms with Crippen molar-refractivity contribution in [3.63, 3.8) is 0 Å². The molecular formula is C15H22BrClN2O. The van der Waals surface area contributed by atoms with E-state index in [1.54, 1.807) is 0 Å². The Balaban J connectivity index is 0.00000200. The van der Waals surface area contributed by atoms with Crippen molar-refractivity contribution in [2.24, 2.45) is 0 Å². The molecule has 1 amide bonds. The lowest BCUT2D eigenvalue weighted by Gasteiger charge is -2.34. The van der Waals surface area contributed by atoms with Crippen LogP contribution in [0.5, 0.6) is 0 Å². The van der Waals surface area contributed by atoms with Crippen LogP contribution >= 0.6 is 28.3 Å². The second-order valence-corrected chi connectivity index (χ2v) is 5.90. The summed E-state index contributed by atoms with van der Waals surface area (Å²) < 4.78 is 1.01. The van der Waals surface area contributed by atoms with Crippen LogP contribution in [0.15, 0.2) is 28.7 Å². The van der Waals surface area contributed by atoms with Crippen molar-refractivity contribution in [3.8, 4) is 0 Å². The first-order chi connectivity index (χ1) is 9.22. The van der Waals surface area contributed by atoms with Crippen molar-refractivity contribution >= 4 is 34.2 Å². The first-order valence-corrected chi connectivity index (χ1v) is 7.79. The lowest BCUT2D eigenvalue weighted by atomic mass is 10.0. The van der Waals surface area contributed by atoms with Gasteiger partial charge in [0.2, 0.25) is 0 Å². The van der Waals surface area contributed by atoms with Gasteiger partial charge in [-0.05, 0) is 56.6 Å². The molecular weight excluding hydrogens is 340 g/mol. The molecule has 1 aromatic rings. The average molecular weight is 362 g/mol. The number of benzene rings is 1. The lowest BCUT2D eigenvalue weighted by Crippen LogP contribution is -2.46. The topological polar surface area (TPSA) is 32.3 Å². The summed E-state index contributed by atoms with van der Waals surface area (Å²) in [6, 6.07) is 8.05. The maximum atomic E-state index is 12.6. The molecule has 1 saturated heterocycles. The minimum absolute atomic E-state index is 0. The number of hydrogen-bond acceptors (Lipinski definition) is 2. The molecule has 2 rings (SSSR count). The Morgan fingerprint density at radius 2 is 1.90 bits per heavy atom. The summed E-state index contributed by atoms with van der Waals surface area (Å²) in [6.45, 7) is 5.00. The van der Waals surface area contributed by atoms with E-state index in [0.717, 1.165) is 48.9 Å². The number of nitrogens with one attached hydrogen (secondary N) is 1. The van der Waals surface area contributed by atoms with Crippen LogP contribution in [0.2, 0.25) is 0 Å². The zero-order valence-corrected chi connectivity index (χ0v) is 14.2. The monoisotopic (exact) mass is 360 g/mol. The number of carbonyl (C=O) groups excluding carboxylic acids is 1. The SMILES string of the molecule is CCCN(C(=O)c1ccc(Br)cc1)C1CCNCC1.Cl. The Morgan fingerprint density at radius 3 is 2.45 bits per heavy atom. The largest absolute Gasteiger partial charge is 0.336 e. The summed E-state index contributed by atoms with van der Waals surface area (Å²) >= 11 is 3.41. The predicted molar refractivity (Wildman–Crippen MR) is 88.6 cm³/mol. The average Bonchev–Trinajstić information content (AvgIpc) is 2.46. The van der Waals surface area contributed by atoms with E-state index in [1.165, 1.54) is 0 Å². The Morgan fingerprint density at radius 1 is 1.30 bits per heavy atom. The zero-order chi connectivity index (χ0) is 13.7. The number of halogens is 2. The molecule has 0 aliphatic carbocycles. The van der Waals surface area contributed by atoms with Crippen LogP contribution in [0.3, 0.4) is 0 Å². The molecule has 1 N–H and O–H groups in total. The first-order valence-electron chi connectivity index (χ1n) is 6.99. The van der Waals surface area contributed by atoms with Crippen LogP contribution in [0, 0.1) is 0 Å². The molecule has 5 heteroatoms. The second kappa shape index (κ2) is 8.65. The highest BCUT2D eigenvalue weighted by molar-refractivity contribution is 9.10. The normalized spacial score (nSPS) is 15.5. The van der Waals surface area contributed by atoms with Gasteiger partial charge in [0, 0.05) is 22.6 Å². The van der Waals surface area contributed by atoms with E-state index in [0.29, 0.717) is 6.04 Å². The van der Waals surface area contributed by atoms with Gasteiger partial charge >= 0.3 is 0 Å². The van der Waals surface area contributed by atoms with Crippen molar-refractivity contribution < 1.29 is 4.79 Å². The highest BCUT2D eigenvalue weighted by atomic mass is 79.9. The third-order valence-electron chi connectivity index (χ3n) is 3.57. The first kappa shape index (κ1) is 17.5. The second-order valence-electron chi connectivity index (χ2n) is 4.99. The maximum Gasteiger partial charge on any atom is 0.254 e. The molecule has 0 radical (unpaired) electrons. The van der Waals surface area contributed by atoms with Crippen molar-refractivity contribution in [2.45, 2.75) is 32.2 Å². The van der Waals surface area contributed by atoms with Crippen LogP contribution in [0.1, 0.15) is 36.5 Å². The summed E-state index contributed by atoms with van der Waals surface area (Å²) in [4.78, 5) is 14.7. The van der Waals surface area contributed by atoms with E-state index >= 15 is 0 Å². The van der Waals surface area contributed by atoms with Gasteiger partial charge < -0.3 is 10.2 Å². The fourth-order valence-electron chi connectivity index (χ4n) is 2.57. The molecule has 20 heavy (non-hydrogen) atoms. The van der Waals surface area contributed by atoms with Gasteiger partial charge in [-0.15, -0.1) is 12.4 Å². The molecule has 0 spiro atoms. The molecule has 1 aromatic carbocycles. The number of piperidine rings is 1. The van der Waals surface area contributed by atoms with Crippen molar-refractivity contribution in [1.82, 2.24) is 10.2 Å². The fourth-order valence-corrected chi connectivity index (χ4v) is 2.83. The van der Waals surface area contributed by atoms with E-state index < -0.39 is 0 Å². The summed E-state index contributed by atoms with van der Waals surface area (Å²) in [6.07, 6.45) is 3.12. The molecule has 112 valence electrons. The summed E-state index contributed by atoms with van der Waals surface area (Å²) in [5, 5.41) is 3.35. The summed E-state index contributed by atoms with van der Waals surface area (Å²) in [5.41, 5.74) is 0.787. The highest BCUT2D eigenvalue weighted by Gasteiger charge is 2.25. The van der Waals surface area contributed by atoms with E-state index in [9.17, 15) is 4.79 Å². The van der Waals surface area contributed by atoms with Gasteiger partial charge in [0.1, 0.15) is 0 Å². The predicted octanol–water partition coefficient (Wildman–Crippen LogP) is 3.48. The molecule has 1 heterocycles. The molecule has 3 nitrogen and oxygen atoms in total. The van der Waals surface area contributed by atoms with Gasteiger partial charge in [-0.25, -0.2) is 0 Å². The van der Waals surface area contributed by atoms with Crippen LogP contribution in [-0.4, -0.2) is 36.5 Å².